The maximum atomic E-state index is 12.4. The molecule has 0 saturated heterocycles. The molecule has 0 aliphatic carbocycles. The van der Waals surface area contributed by atoms with Gasteiger partial charge in [-0.3, -0.25) is 4.68 Å². The highest BCUT2D eigenvalue weighted by molar-refractivity contribution is 5.59. The molecule has 190 valence electrons. The summed E-state index contributed by atoms with van der Waals surface area (Å²) in [5.41, 5.74) is 2.86. The summed E-state index contributed by atoms with van der Waals surface area (Å²) in [6.07, 6.45) is -2.92. The number of rotatable bonds is 9. The fraction of sp³-hybridized carbons (Fsp3) is 0.333. The van der Waals surface area contributed by atoms with Gasteiger partial charge in [0.2, 0.25) is 5.82 Å². The van der Waals surface area contributed by atoms with Crippen LogP contribution in [0.3, 0.4) is 0 Å². The van der Waals surface area contributed by atoms with Gasteiger partial charge in [-0.1, -0.05) is 11.2 Å². The van der Waals surface area contributed by atoms with Gasteiger partial charge in [-0.15, -0.1) is 13.2 Å². The molecule has 0 saturated carbocycles. The number of nitrogens with zero attached hydrogens (tertiary/aromatic N) is 7. The highest BCUT2D eigenvalue weighted by Crippen LogP contribution is 2.27. The molecule has 0 spiro atoms. The number of benzene rings is 1. The molecule has 0 fully saturated rings. The van der Waals surface area contributed by atoms with E-state index < -0.39 is 6.36 Å². The Labute approximate surface area is 206 Å². The van der Waals surface area contributed by atoms with Gasteiger partial charge in [-0.2, -0.15) is 10.1 Å². The van der Waals surface area contributed by atoms with E-state index in [0.717, 1.165) is 30.2 Å². The highest BCUT2D eigenvalue weighted by atomic mass is 19.4. The Bertz CT molecular complexity index is 1280. The average molecular weight is 502 g/mol. The van der Waals surface area contributed by atoms with Crippen molar-refractivity contribution in [2.75, 3.05) is 39.1 Å². The molecule has 36 heavy (non-hydrogen) atoms. The predicted molar refractivity (Wildman–Crippen MR) is 128 cm³/mol. The lowest BCUT2D eigenvalue weighted by Crippen LogP contribution is -2.28. The van der Waals surface area contributed by atoms with Crippen molar-refractivity contribution in [2.24, 2.45) is 0 Å². The molecule has 12 heteroatoms. The molecule has 3 heterocycles. The molecule has 0 radical (unpaired) electrons. The van der Waals surface area contributed by atoms with Gasteiger partial charge in [0.05, 0.1) is 6.54 Å². The maximum Gasteiger partial charge on any atom is 0.573 e. The zero-order chi connectivity index (χ0) is 25.9. The van der Waals surface area contributed by atoms with Gasteiger partial charge in [0.15, 0.2) is 5.69 Å². The van der Waals surface area contributed by atoms with Crippen molar-refractivity contribution in [3.63, 3.8) is 0 Å². The normalized spacial score (nSPS) is 11.8. The molecule has 0 unspecified atom stereocenters. The van der Waals surface area contributed by atoms with E-state index in [0.29, 0.717) is 17.8 Å². The van der Waals surface area contributed by atoms with Gasteiger partial charge in [0.1, 0.15) is 11.6 Å². The standard InChI is InChI=1S/C24H26F3N7O2/c1-16-13-20(23-29-22(31-36-23)18-6-8-19(9-7-18)35-24(25,26)27)30-34(16)15-17-5-10-21(28-14-17)33(4)12-11-32(2)3/h5-10,13-14H,11-12,15H2,1-4H3. The van der Waals surface area contributed by atoms with Crippen LogP contribution < -0.4 is 9.64 Å². The minimum Gasteiger partial charge on any atom is -0.406 e. The molecule has 4 rings (SSSR count). The Hall–Kier alpha value is -3.93. The van der Waals surface area contributed by atoms with Crippen LogP contribution in [0.15, 0.2) is 53.2 Å². The Kier molecular flexibility index (Phi) is 7.25. The summed E-state index contributed by atoms with van der Waals surface area (Å²) >= 11 is 0. The third-order valence-electron chi connectivity index (χ3n) is 5.39. The van der Waals surface area contributed by atoms with Crippen molar-refractivity contribution >= 4 is 5.82 Å². The van der Waals surface area contributed by atoms with Crippen LogP contribution in [0.1, 0.15) is 11.3 Å². The third-order valence-corrected chi connectivity index (χ3v) is 5.39. The molecular formula is C24H26F3N7O2. The van der Waals surface area contributed by atoms with Crippen molar-refractivity contribution in [3.8, 4) is 28.7 Å². The molecule has 0 aliphatic heterocycles. The molecule has 0 N–H and O–H groups in total. The third kappa shape index (κ3) is 6.39. The highest BCUT2D eigenvalue weighted by Gasteiger charge is 2.31. The number of hydrogen-bond acceptors (Lipinski definition) is 8. The number of aryl methyl sites for hydroxylation is 1. The number of alkyl halides is 3. The lowest BCUT2D eigenvalue weighted by atomic mass is 10.2. The molecule has 1 aromatic carbocycles. The molecule has 0 atom stereocenters. The monoisotopic (exact) mass is 501 g/mol. The molecule has 0 bridgehead atoms. The van der Waals surface area contributed by atoms with Crippen LogP contribution >= 0.6 is 0 Å². The van der Waals surface area contributed by atoms with Gasteiger partial charge in [0.25, 0.3) is 5.89 Å². The molecule has 0 aliphatic rings. The van der Waals surface area contributed by atoms with Crippen molar-refractivity contribution in [1.82, 2.24) is 29.8 Å². The summed E-state index contributed by atoms with van der Waals surface area (Å²) in [5, 5.41) is 8.50. The van der Waals surface area contributed by atoms with Gasteiger partial charge in [0, 0.05) is 37.6 Å². The first-order valence-corrected chi connectivity index (χ1v) is 11.1. The van der Waals surface area contributed by atoms with Gasteiger partial charge in [-0.05, 0) is 63.0 Å². The van der Waals surface area contributed by atoms with Crippen molar-refractivity contribution in [2.45, 2.75) is 19.8 Å². The number of ether oxygens (including phenoxy) is 1. The van der Waals surface area contributed by atoms with Crippen molar-refractivity contribution in [3.05, 3.63) is 59.9 Å². The largest absolute Gasteiger partial charge is 0.573 e. The first-order chi connectivity index (χ1) is 17.1. The number of likely N-dealkylation sites (N-methyl/N-ethyl adjacent to an activating group) is 2. The smallest absolute Gasteiger partial charge is 0.406 e. The Morgan fingerprint density at radius 2 is 1.78 bits per heavy atom. The predicted octanol–water partition coefficient (Wildman–Crippen LogP) is 4.25. The van der Waals surface area contributed by atoms with Crippen molar-refractivity contribution < 1.29 is 22.4 Å². The van der Waals surface area contributed by atoms with Gasteiger partial charge < -0.3 is 19.1 Å². The lowest BCUT2D eigenvalue weighted by Gasteiger charge is -2.20. The quantitative estimate of drug-likeness (QED) is 0.337. The van der Waals surface area contributed by atoms with Crippen LogP contribution in [0.2, 0.25) is 0 Å². The van der Waals surface area contributed by atoms with E-state index in [-0.39, 0.29) is 17.5 Å². The van der Waals surface area contributed by atoms with Crippen LogP contribution in [0, 0.1) is 6.92 Å². The Morgan fingerprint density at radius 1 is 1.03 bits per heavy atom. The molecule has 3 aromatic heterocycles. The van der Waals surface area contributed by atoms with Crippen LogP contribution in [0.25, 0.3) is 23.0 Å². The zero-order valence-corrected chi connectivity index (χ0v) is 20.3. The van der Waals surface area contributed by atoms with E-state index in [9.17, 15) is 13.2 Å². The van der Waals surface area contributed by atoms with E-state index in [1.165, 1.54) is 24.3 Å². The summed E-state index contributed by atoms with van der Waals surface area (Å²) in [7, 11) is 6.09. The van der Waals surface area contributed by atoms with Crippen LogP contribution in [0.4, 0.5) is 19.0 Å². The second-order valence-electron chi connectivity index (χ2n) is 8.57. The molecule has 9 nitrogen and oxygen atoms in total. The summed E-state index contributed by atoms with van der Waals surface area (Å²) in [6, 6.07) is 11.1. The summed E-state index contributed by atoms with van der Waals surface area (Å²) in [6.45, 7) is 4.25. The lowest BCUT2D eigenvalue weighted by molar-refractivity contribution is -0.274. The number of hydrogen-bond donors (Lipinski definition) is 0. The van der Waals surface area contributed by atoms with Crippen LogP contribution in [-0.2, 0) is 6.54 Å². The Morgan fingerprint density at radius 3 is 2.42 bits per heavy atom. The summed E-state index contributed by atoms with van der Waals surface area (Å²) in [4.78, 5) is 13.1. The second kappa shape index (κ2) is 10.4. The van der Waals surface area contributed by atoms with Crippen molar-refractivity contribution in [1.29, 1.82) is 0 Å². The zero-order valence-electron chi connectivity index (χ0n) is 20.3. The van der Waals surface area contributed by atoms with E-state index in [4.69, 9.17) is 4.52 Å². The minimum atomic E-state index is -4.75. The fourth-order valence-corrected chi connectivity index (χ4v) is 3.40. The second-order valence-corrected chi connectivity index (χ2v) is 8.57. The Balaban J connectivity index is 1.43. The minimum absolute atomic E-state index is 0.207. The van der Waals surface area contributed by atoms with Crippen LogP contribution in [-0.4, -0.2) is 70.4 Å². The van der Waals surface area contributed by atoms with Gasteiger partial charge >= 0.3 is 6.36 Å². The number of halogens is 3. The number of aromatic nitrogens is 5. The molecule has 4 aromatic rings. The van der Waals surface area contributed by atoms with Crippen LogP contribution in [0.5, 0.6) is 5.75 Å². The van der Waals surface area contributed by atoms with E-state index >= 15 is 0 Å². The maximum absolute atomic E-state index is 12.4. The average Bonchev–Trinajstić information content (AvgIpc) is 3.45. The topological polar surface area (TPSA) is 85.3 Å². The molecular weight excluding hydrogens is 475 g/mol. The summed E-state index contributed by atoms with van der Waals surface area (Å²) in [5.74, 6) is 1.01. The van der Waals surface area contributed by atoms with E-state index in [1.807, 2.05) is 57.1 Å². The summed E-state index contributed by atoms with van der Waals surface area (Å²) < 4.78 is 48.1. The first-order valence-electron chi connectivity index (χ1n) is 11.1. The number of pyridine rings is 1. The van der Waals surface area contributed by atoms with E-state index in [2.05, 4.69) is 34.8 Å². The number of anilines is 1. The van der Waals surface area contributed by atoms with Gasteiger partial charge in [-0.25, -0.2) is 4.98 Å². The SMILES string of the molecule is Cc1cc(-c2nc(-c3ccc(OC(F)(F)F)cc3)no2)nn1Cc1ccc(N(C)CCN(C)C)nc1. The first kappa shape index (κ1) is 25.2. The molecule has 0 amide bonds. The fourth-order valence-electron chi connectivity index (χ4n) is 3.40. The van der Waals surface area contributed by atoms with E-state index in [1.54, 1.807) is 0 Å².